The molecule has 3 aromatic heterocycles. The van der Waals surface area contributed by atoms with Crippen LogP contribution in [0, 0.1) is 5.92 Å². The van der Waals surface area contributed by atoms with Gasteiger partial charge in [-0.05, 0) is 36.5 Å². The highest BCUT2D eigenvalue weighted by atomic mass is 16.5. The smallest absolute Gasteiger partial charge is 0.225 e. The van der Waals surface area contributed by atoms with Crippen molar-refractivity contribution in [1.82, 2.24) is 24.5 Å². The number of aliphatic hydroxyl groups is 1. The Morgan fingerprint density at radius 1 is 1.03 bits per heavy atom. The SMILES string of the molecule is OCC1CCCN(c2ncc(-c3ccc4nc5n(c4n3)C(c3ccccc3)COC5)cn2)C1. The molecule has 5 heterocycles. The number of hydrogen-bond acceptors (Lipinski definition) is 7. The van der Waals surface area contributed by atoms with E-state index in [0.29, 0.717) is 25.1 Å². The number of pyridine rings is 1. The number of ether oxygens (including phenoxy) is 1. The van der Waals surface area contributed by atoms with E-state index in [1.54, 1.807) is 0 Å². The Bertz CT molecular complexity index is 1260. The van der Waals surface area contributed by atoms with E-state index >= 15 is 0 Å². The van der Waals surface area contributed by atoms with Gasteiger partial charge in [0.15, 0.2) is 5.65 Å². The Kier molecular flexibility index (Phi) is 5.24. The van der Waals surface area contributed by atoms with Crippen molar-refractivity contribution >= 4 is 17.1 Å². The van der Waals surface area contributed by atoms with Gasteiger partial charge < -0.3 is 19.3 Å². The summed E-state index contributed by atoms with van der Waals surface area (Å²) in [5.74, 6) is 1.89. The first kappa shape index (κ1) is 20.3. The zero-order valence-electron chi connectivity index (χ0n) is 18.3. The number of aliphatic hydroxyl groups excluding tert-OH is 1. The largest absolute Gasteiger partial charge is 0.396 e. The highest BCUT2D eigenvalue weighted by Gasteiger charge is 2.26. The average molecular weight is 443 g/mol. The van der Waals surface area contributed by atoms with Crippen LogP contribution in [0.5, 0.6) is 0 Å². The third-order valence-electron chi connectivity index (χ3n) is 6.61. The molecule has 4 aromatic rings. The minimum atomic E-state index is 0.0416. The summed E-state index contributed by atoms with van der Waals surface area (Å²) < 4.78 is 8.05. The van der Waals surface area contributed by atoms with E-state index in [4.69, 9.17) is 14.7 Å². The van der Waals surface area contributed by atoms with Crippen LogP contribution in [0.3, 0.4) is 0 Å². The molecule has 33 heavy (non-hydrogen) atoms. The lowest BCUT2D eigenvalue weighted by Gasteiger charge is -2.31. The highest BCUT2D eigenvalue weighted by molar-refractivity contribution is 5.76. The zero-order chi connectivity index (χ0) is 22.2. The molecule has 168 valence electrons. The number of anilines is 1. The molecule has 0 amide bonds. The molecule has 1 N–H and O–H groups in total. The van der Waals surface area contributed by atoms with Crippen LogP contribution in [0.15, 0.2) is 54.9 Å². The number of aromatic nitrogens is 5. The van der Waals surface area contributed by atoms with Crippen LogP contribution < -0.4 is 4.90 Å². The quantitative estimate of drug-likeness (QED) is 0.519. The van der Waals surface area contributed by atoms with E-state index in [1.165, 1.54) is 5.56 Å². The molecular weight excluding hydrogens is 416 g/mol. The summed E-state index contributed by atoms with van der Waals surface area (Å²) in [5.41, 5.74) is 4.59. The van der Waals surface area contributed by atoms with Crippen LogP contribution in [-0.4, -0.2) is 55.9 Å². The van der Waals surface area contributed by atoms with E-state index in [2.05, 4.69) is 31.6 Å². The van der Waals surface area contributed by atoms with Crippen molar-refractivity contribution in [2.45, 2.75) is 25.5 Å². The number of benzene rings is 1. The Labute approximate surface area is 191 Å². The molecule has 2 unspecified atom stereocenters. The van der Waals surface area contributed by atoms with Crippen molar-refractivity contribution in [1.29, 1.82) is 0 Å². The minimum Gasteiger partial charge on any atom is -0.396 e. The van der Waals surface area contributed by atoms with E-state index in [0.717, 1.165) is 54.2 Å². The highest BCUT2D eigenvalue weighted by Crippen LogP contribution is 2.31. The Balaban J connectivity index is 1.34. The monoisotopic (exact) mass is 442 g/mol. The molecule has 6 rings (SSSR count). The average Bonchev–Trinajstić information content (AvgIpc) is 3.27. The fourth-order valence-corrected chi connectivity index (χ4v) is 4.88. The number of rotatable bonds is 4. The van der Waals surface area contributed by atoms with Gasteiger partial charge in [0.05, 0.1) is 18.3 Å². The van der Waals surface area contributed by atoms with Crippen molar-refractivity contribution < 1.29 is 9.84 Å². The second kappa shape index (κ2) is 8.53. The van der Waals surface area contributed by atoms with Crippen LogP contribution in [0.4, 0.5) is 5.95 Å². The summed E-state index contributed by atoms with van der Waals surface area (Å²) in [5, 5.41) is 9.50. The topological polar surface area (TPSA) is 89.2 Å². The molecule has 1 aromatic carbocycles. The molecule has 8 heteroatoms. The van der Waals surface area contributed by atoms with E-state index in [9.17, 15) is 5.11 Å². The lowest BCUT2D eigenvalue weighted by molar-refractivity contribution is 0.0677. The van der Waals surface area contributed by atoms with Crippen molar-refractivity contribution in [3.05, 3.63) is 66.2 Å². The third-order valence-corrected chi connectivity index (χ3v) is 6.61. The number of hydrogen-bond donors (Lipinski definition) is 1. The fourth-order valence-electron chi connectivity index (χ4n) is 4.88. The fraction of sp³-hybridized carbons (Fsp3) is 0.360. The Morgan fingerprint density at radius 2 is 1.88 bits per heavy atom. The maximum Gasteiger partial charge on any atom is 0.225 e. The normalized spacial score (nSPS) is 20.7. The van der Waals surface area contributed by atoms with Crippen molar-refractivity contribution in [2.75, 3.05) is 31.2 Å². The molecular formula is C25H26N6O2. The molecule has 2 aliphatic rings. The summed E-state index contributed by atoms with van der Waals surface area (Å²) in [6, 6.07) is 14.4. The molecule has 0 aliphatic carbocycles. The van der Waals surface area contributed by atoms with Gasteiger partial charge in [0.1, 0.15) is 17.9 Å². The van der Waals surface area contributed by atoms with Crippen molar-refractivity contribution in [2.24, 2.45) is 5.92 Å². The van der Waals surface area contributed by atoms with Crippen molar-refractivity contribution in [3.63, 3.8) is 0 Å². The summed E-state index contributed by atoms with van der Waals surface area (Å²) in [6.45, 7) is 3.01. The number of fused-ring (bicyclic) bond motifs is 3. The van der Waals surface area contributed by atoms with Gasteiger partial charge in [-0.3, -0.25) is 0 Å². The Morgan fingerprint density at radius 3 is 2.70 bits per heavy atom. The molecule has 2 atom stereocenters. The predicted octanol–water partition coefficient (Wildman–Crippen LogP) is 3.22. The standard InChI is InChI=1S/C25H26N6O2/c32-14-17-5-4-10-30(13-17)25-26-11-19(12-27-25)20-8-9-21-24(29-20)31-22(15-33-16-23(31)28-21)18-6-2-1-3-7-18/h1-3,6-9,11-12,17,22,32H,4-5,10,13-16H2. The number of nitrogens with zero attached hydrogens (tertiary/aromatic N) is 6. The second-order valence-electron chi connectivity index (χ2n) is 8.79. The summed E-state index contributed by atoms with van der Waals surface area (Å²) >= 11 is 0. The van der Waals surface area contributed by atoms with Crippen LogP contribution in [0.25, 0.3) is 22.4 Å². The van der Waals surface area contributed by atoms with Gasteiger partial charge in [-0.25, -0.2) is 19.9 Å². The summed E-state index contributed by atoms with van der Waals surface area (Å²) in [6.07, 6.45) is 5.78. The summed E-state index contributed by atoms with van der Waals surface area (Å²) in [4.78, 5) is 21.1. The van der Waals surface area contributed by atoms with Gasteiger partial charge in [-0.2, -0.15) is 0 Å². The molecule has 0 spiro atoms. The Hall–Kier alpha value is -3.36. The minimum absolute atomic E-state index is 0.0416. The van der Waals surface area contributed by atoms with Crippen LogP contribution in [-0.2, 0) is 11.3 Å². The predicted molar refractivity (Wildman–Crippen MR) is 125 cm³/mol. The van der Waals surface area contributed by atoms with Gasteiger partial charge in [0.25, 0.3) is 0 Å². The van der Waals surface area contributed by atoms with Crippen LogP contribution >= 0.6 is 0 Å². The summed E-state index contributed by atoms with van der Waals surface area (Å²) in [7, 11) is 0. The third kappa shape index (κ3) is 3.75. The lowest BCUT2D eigenvalue weighted by Crippen LogP contribution is -2.37. The van der Waals surface area contributed by atoms with Gasteiger partial charge in [0, 0.05) is 37.7 Å². The molecule has 0 saturated carbocycles. The lowest BCUT2D eigenvalue weighted by atomic mass is 9.99. The molecule has 0 bridgehead atoms. The van der Waals surface area contributed by atoms with Crippen LogP contribution in [0.1, 0.15) is 30.3 Å². The van der Waals surface area contributed by atoms with Crippen molar-refractivity contribution in [3.8, 4) is 11.3 Å². The van der Waals surface area contributed by atoms with E-state index < -0.39 is 0 Å². The van der Waals surface area contributed by atoms with Gasteiger partial charge in [0.2, 0.25) is 5.95 Å². The van der Waals surface area contributed by atoms with E-state index in [1.807, 2.05) is 42.7 Å². The van der Waals surface area contributed by atoms with Gasteiger partial charge in [-0.1, -0.05) is 30.3 Å². The molecule has 2 aliphatic heterocycles. The maximum absolute atomic E-state index is 9.50. The first-order chi connectivity index (χ1) is 16.3. The molecule has 1 saturated heterocycles. The first-order valence-corrected chi connectivity index (χ1v) is 11.5. The van der Waals surface area contributed by atoms with Gasteiger partial charge >= 0.3 is 0 Å². The van der Waals surface area contributed by atoms with E-state index in [-0.39, 0.29) is 12.6 Å². The molecule has 1 fully saturated rings. The van der Waals surface area contributed by atoms with Crippen LogP contribution in [0.2, 0.25) is 0 Å². The molecule has 8 nitrogen and oxygen atoms in total. The zero-order valence-corrected chi connectivity index (χ0v) is 18.3. The second-order valence-corrected chi connectivity index (χ2v) is 8.79. The maximum atomic E-state index is 9.50. The molecule has 0 radical (unpaired) electrons. The number of imidazole rings is 1. The van der Waals surface area contributed by atoms with Gasteiger partial charge in [-0.15, -0.1) is 0 Å². The first-order valence-electron chi connectivity index (χ1n) is 11.5. The number of piperidine rings is 1.